The molecule has 0 amide bonds. The van der Waals surface area contributed by atoms with Crippen LogP contribution in [0.3, 0.4) is 0 Å². The first-order valence-corrected chi connectivity index (χ1v) is 7.79. The summed E-state index contributed by atoms with van der Waals surface area (Å²) in [6.07, 6.45) is 3.01. The van der Waals surface area contributed by atoms with Gasteiger partial charge >= 0.3 is 0 Å². The average Bonchev–Trinajstić information content (AvgIpc) is 2.72. The maximum Gasteiger partial charge on any atom is 0.273 e. The van der Waals surface area contributed by atoms with E-state index in [0.29, 0.717) is 23.0 Å². The topological polar surface area (TPSA) is 104 Å². The zero-order valence-corrected chi connectivity index (χ0v) is 12.6. The van der Waals surface area contributed by atoms with Gasteiger partial charge in [0.1, 0.15) is 0 Å². The third-order valence-corrected chi connectivity index (χ3v) is 3.64. The number of pyridine rings is 1. The van der Waals surface area contributed by atoms with Crippen LogP contribution in [0.25, 0.3) is 11.4 Å². The molecule has 0 radical (unpaired) electrons. The van der Waals surface area contributed by atoms with E-state index in [9.17, 15) is 8.42 Å². The summed E-state index contributed by atoms with van der Waals surface area (Å²) in [5.74, 6) is 0.543. The third kappa shape index (κ3) is 2.97. The van der Waals surface area contributed by atoms with Crippen LogP contribution < -0.4 is 5.14 Å². The Morgan fingerprint density at radius 3 is 2.65 bits per heavy atom. The standard InChI is InChI=1S/C11H14ClN5O2S/c1-7(2)6-17-10(8-3-4-14-5-9(8)12)15-16-11(17)20(13,18)19/h3-5,7H,6H2,1-2H3,(H2,13,18,19). The molecule has 0 aliphatic heterocycles. The summed E-state index contributed by atoms with van der Waals surface area (Å²) >= 11 is 6.07. The second kappa shape index (κ2) is 5.47. The summed E-state index contributed by atoms with van der Waals surface area (Å²) in [7, 11) is -3.95. The van der Waals surface area contributed by atoms with Gasteiger partial charge in [-0.3, -0.25) is 9.55 Å². The predicted molar refractivity (Wildman–Crippen MR) is 74.5 cm³/mol. The average molecular weight is 316 g/mol. The van der Waals surface area contributed by atoms with E-state index in [1.165, 1.54) is 10.8 Å². The summed E-state index contributed by atoms with van der Waals surface area (Å²) in [5.41, 5.74) is 0.560. The lowest BCUT2D eigenvalue weighted by Gasteiger charge is -2.12. The van der Waals surface area contributed by atoms with Crippen molar-refractivity contribution in [2.24, 2.45) is 11.1 Å². The van der Waals surface area contributed by atoms with Crippen molar-refractivity contribution in [2.75, 3.05) is 0 Å². The summed E-state index contributed by atoms with van der Waals surface area (Å²) in [5, 5.41) is 12.9. The molecule has 0 aliphatic carbocycles. The van der Waals surface area contributed by atoms with Crippen molar-refractivity contribution in [1.82, 2.24) is 19.7 Å². The molecule has 0 atom stereocenters. The molecule has 0 saturated heterocycles. The Labute approximate surface area is 121 Å². The van der Waals surface area contributed by atoms with Gasteiger partial charge in [0.05, 0.1) is 5.02 Å². The van der Waals surface area contributed by atoms with Gasteiger partial charge in [-0.2, -0.15) is 0 Å². The molecule has 2 aromatic heterocycles. The van der Waals surface area contributed by atoms with Crippen LogP contribution in [0.1, 0.15) is 13.8 Å². The highest BCUT2D eigenvalue weighted by atomic mass is 35.5. The zero-order valence-electron chi connectivity index (χ0n) is 11.0. The number of primary sulfonamides is 1. The Bertz CT molecular complexity index is 726. The normalized spacial score (nSPS) is 12.1. The highest BCUT2D eigenvalue weighted by Gasteiger charge is 2.23. The second-order valence-corrected chi connectivity index (χ2v) is 6.57. The van der Waals surface area contributed by atoms with Crippen LogP contribution >= 0.6 is 11.6 Å². The molecule has 2 rings (SSSR count). The first-order valence-electron chi connectivity index (χ1n) is 5.86. The molecule has 2 N–H and O–H groups in total. The van der Waals surface area contributed by atoms with Crippen molar-refractivity contribution in [2.45, 2.75) is 25.5 Å². The maximum atomic E-state index is 11.6. The maximum absolute atomic E-state index is 11.6. The molecule has 0 aliphatic rings. The molecule has 0 saturated carbocycles. The summed E-state index contributed by atoms with van der Waals surface area (Å²) in [4.78, 5) is 3.88. The van der Waals surface area contributed by atoms with Gasteiger partial charge in [0, 0.05) is 24.5 Å². The quantitative estimate of drug-likeness (QED) is 0.915. The SMILES string of the molecule is CC(C)Cn1c(-c2ccncc2Cl)nnc1S(N)(=O)=O. The Balaban J connectivity index is 2.66. The van der Waals surface area contributed by atoms with Crippen LogP contribution in [-0.2, 0) is 16.6 Å². The molecular weight excluding hydrogens is 302 g/mol. The fourth-order valence-electron chi connectivity index (χ4n) is 1.78. The second-order valence-electron chi connectivity index (χ2n) is 4.71. The molecule has 9 heteroatoms. The van der Waals surface area contributed by atoms with Crippen LogP contribution in [0.2, 0.25) is 5.02 Å². The van der Waals surface area contributed by atoms with E-state index < -0.39 is 10.0 Å². The van der Waals surface area contributed by atoms with Crippen molar-refractivity contribution in [3.05, 3.63) is 23.5 Å². The number of aromatic nitrogens is 4. The third-order valence-electron chi connectivity index (χ3n) is 2.53. The van der Waals surface area contributed by atoms with Crippen LogP contribution in [0.5, 0.6) is 0 Å². The van der Waals surface area contributed by atoms with Crippen LogP contribution in [0.15, 0.2) is 23.6 Å². The van der Waals surface area contributed by atoms with Gasteiger partial charge < -0.3 is 0 Å². The fourth-order valence-corrected chi connectivity index (χ4v) is 2.61. The minimum absolute atomic E-state index is 0.186. The van der Waals surface area contributed by atoms with Crippen LogP contribution in [0.4, 0.5) is 0 Å². The molecule has 0 aromatic carbocycles. The van der Waals surface area contributed by atoms with E-state index in [4.69, 9.17) is 16.7 Å². The van der Waals surface area contributed by atoms with Gasteiger partial charge in [-0.1, -0.05) is 25.4 Å². The molecule has 0 fully saturated rings. The van der Waals surface area contributed by atoms with Crippen molar-refractivity contribution < 1.29 is 8.42 Å². The molecule has 0 unspecified atom stereocenters. The minimum Gasteiger partial charge on any atom is -0.296 e. The first kappa shape index (κ1) is 14.9. The molecule has 20 heavy (non-hydrogen) atoms. The lowest BCUT2D eigenvalue weighted by molar-refractivity contribution is 0.486. The molecule has 2 aromatic rings. The number of hydrogen-bond donors (Lipinski definition) is 1. The number of nitrogens with two attached hydrogens (primary N) is 1. The van der Waals surface area contributed by atoms with Crippen LogP contribution in [0, 0.1) is 5.92 Å². The Morgan fingerprint density at radius 2 is 2.10 bits per heavy atom. The molecular formula is C11H14ClN5O2S. The van der Waals surface area contributed by atoms with E-state index in [1.807, 2.05) is 13.8 Å². The first-order chi connectivity index (χ1) is 9.30. The number of rotatable bonds is 4. The summed E-state index contributed by atoms with van der Waals surface area (Å²) in [6.45, 7) is 4.31. The van der Waals surface area contributed by atoms with E-state index in [0.717, 1.165) is 0 Å². The van der Waals surface area contributed by atoms with Crippen molar-refractivity contribution >= 4 is 21.6 Å². The molecule has 108 valence electrons. The van der Waals surface area contributed by atoms with Gasteiger partial charge in [0.2, 0.25) is 0 Å². The fraction of sp³-hybridized carbons (Fsp3) is 0.364. The van der Waals surface area contributed by atoms with Gasteiger partial charge in [-0.25, -0.2) is 13.6 Å². The number of nitrogens with zero attached hydrogens (tertiary/aromatic N) is 4. The van der Waals surface area contributed by atoms with E-state index in [2.05, 4.69) is 15.2 Å². The Hall–Kier alpha value is -1.51. The largest absolute Gasteiger partial charge is 0.296 e. The highest BCUT2D eigenvalue weighted by Crippen LogP contribution is 2.27. The van der Waals surface area contributed by atoms with E-state index in [1.54, 1.807) is 12.3 Å². The van der Waals surface area contributed by atoms with Gasteiger partial charge in [0.25, 0.3) is 15.2 Å². The lowest BCUT2D eigenvalue weighted by atomic mass is 10.2. The van der Waals surface area contributed by atoms with Crippen molar-refractivity contribution in [3.63, 3.8) is 0 Å². The molecule has 0 bridgehead atoms. The van der Waals surface area contributed by atoms with E-state index in [-0.39, 0.29) is 11.1 Å². The van der Waals surface area contributed by atoms with Crippen molar-refractivity contribution in [3.8, 4) is 11.4 Å². The van der Waals surface area contributed by atoms with Crippen LogP contribution in [-0.4, -0.2) is 28.2 Å². The van der Waals surface area contributed by atoms with Gasteiger partial charge in [0.15, 0.2) is 5.82 Å². The highest BCUT2D eigenvalue weighted by molar-refractivity contribution is 7.89. The summed E-state index contributed by atoms with van der Waals surface area (Å²) < 4.78 is 24.6. The smallest absolute Gasteiger partial charge is 0.273 e. The Morgan fingerprint density at radius 1 is 1.40 bits per heavy atom. The zero-order chi connectivity index (χ0) is 14.9. The van der Waals surface area contributed by atoms with Crippen molar-refractivity contribution in [1.29, 1.82) is 0 Å². The number of sulfonamides is 1. The molecule has 7 nitrogen and oxygen atoms in total. The number of hydrogen-bond acceptors (Lipinski definition) is 5. The van der Waals surface area contributed by atoms with Gasteiger partial charge in [-0.15, -0.1) is 10.2 Å². The van der Waals surface area contributed by atoms with E-state index >= 15 is 0 Å². The van der Waals surface area contributed by atoms with Gasteiger partial charge in [-0.05, 0) is 12.0 Å². The number of halogens is 1. The summed E-state index contributed by atoms with van der Waals surface area (Å²) in [6, 6.07) is 1.65. The minimum atomic E-state index is -3.95. The lowest BCUT2D eigenvalue weighted by Crippen LogP contribution is -2.20. The monoisotopic (exact) mass is 315 g/mol. The molecule has 0 spiro atoms. The Kier molecular flexibility index (Phi) is 4.07. The molecule has 2 heterocycles. The predicted octanol–water partition coefficient (Wildman–Crippen LogP) is 1.30.